The number of hydroxylamine groups is 1. The molecule has 0 saturated heterocycles. The summed E-state index contributed by atoms with van der Waals surface area (Å²) in [5, 5.41) is 8.35. The quantitative estimate of drug-likeness (QED) is 0.365. The van der Waals surface area contributed by atoms with Gasteiger partial charge in [0.25, 0.3) is 0 Å². The van der Waals surface area contributed by atoms with Gasteiger partial charge in [-0.1, -0.05) is 46.0 Å². The zero-order valence-corrected chi connectivity index (χ0v) is 8.68. The van der Waals surface area contributed by atoms with E-state index in [2.05, 4.69) is 6.92 Å². The van der Waals surface area contributed by atoms with Crippen LogP contribution in [0, 0.1) is 5.92 Å². The van der Waals surface area contributed by atoms with Gasteiger partial charge in [0.2, 0.25) is 5.91 Å². The molecular weight excluding hydrogens is 166 g/mol. The Balaban J connectivity index is 3.26. The molecule has 0 bridgehead atoms. The van der Waals surface area contributed by atoms with E-state index in [0.717, 1.165) is 12.8 Å². The van der Waals surface area contributed by atoms with Crippen molar-refractivity contribution in [3.8, 4) is 0 Å². The molecule has 0 fully saturated rings. The maximum atomic E-state index is 10.9. The van der Waals surface area contributed by atoms with E-state index in [1.54, 1.807) is 5.48 Å². The first-order valence-electron chi connectivity index (χ1n) is 5.16. The van der Waals surface area contributed by atoms with Gasteiger partial charge in [0.1, 0.15) is 0 Å². The van der Waals surface area contributed by atoms with Crippen molar-refractivity contribution in [2.24, 2.45) is 5.92 Å². The summed E-state index contributed by atoms with van der Waals surface area (Å²) in [5.74, 6) is -0.331. The molecule has 1 amide bonds. The summed E-state index contributed by atoms with van der Waals surface area (Å²) in [6.07, 6.45) is 6.92. The average Bonchev–Trinajstić information content (AvgIpc) is 2.16. The molecule has 0 rings (SSSR count). The van der Waals surface area contributed by atoms with Gasteiger partial charge >= 0.3 is 0 Å². The molecule has 0 spiro atoms. The number of amides is 1. The number of rotatable bonds is 7. The lowest BCUT2D eigenvalue weighted by atomic mass is 10.0. The average molecular weight is 187 g/mol. The van der Waals surface area contributed by atoms with Crippen LogP contribution in [0.1, 0.15) is 52.4 Å². The molecule has 0 radical (unpaired) electrons. The summed E-state index contributed by atoms with van der Waals surface area (Å²) in [4.78, 5) is 10.9. The molecule has 1 atom stereocenters. The maximum Gasteiger partial charge on any atom is 0.246 e. The fourth-order valence-electron chi connectivity index (χ4n) is 1.30. The lowest BCUT2D eigenvalue weighted by Gasteiger charge is -2.07. The highest BCUT2D eigenvalue weighted by Gasteiger charge is 2.10. The van der Waals surface area contributed by atoms with Crippen molar-refractivity contribution in [1.29, 1.82) is 0 Å². The Morgan fingerprint density at radius 3 is 2.46 bits per heavy atom. The Morgan fingerprint density at radius 2 is 1.92 bits per heavy atom. The second-order valence-corrected chi connectivity index (χ2v) is 3.58. The van der Waals surface area contributed by atoms with Crippen LogP contribution >= 0.6 is 0 Å². The van der Waals surface area contributed by atoms with Crippen LogP contribution in [0.2, 0.25) is 0 Å². The van der Waals surface area contributed by atoms with Gasteiger partial charge in [-0.25, -0.2) is 5.48 Å². The molecule has 0 aliphatic heterocycles. The number of hydrogen-bond donors (Lipinski definition) is 2. The first-order chi connectivity index (χ1) is 6.22. The van der Waals surface area contributed by atoms with Gasteiger partial charge in [-0.3, -0.25) is 10.0 Å². The fourth-order valence-corrected chi connectivity index (χ4v) is 1.30. The lowest BCUT2D eigenvalue weighted by molar-refractivity contribution is -0.133. The van der Waals surface area contributed by atoms with Crippen molar-refractivity contribution >= 4 is 5.91 Å². The number of carbonyl (C=O) groups is 1. The van der Waals surface area contributed by atoms with Crippen LogP contribution in [-0.2, 0) is 4.79 Å². The molecule has 0 aromatic heterocycles. The summed E-state index contributed by atoms with van der Waals surface area (Å²) in [6, 6.07) is 0. The van der Waals surface area contributed by atoms with Crippen molar-refractivity contribution in [1.82, 2.24) is 5.48 Å². The second-order valence-electron chi connectivity index (χ2n) is 3.58. The third kappa shape index (κ3) is 6.58. The van der Waals surface area contributed by atoms with Crippen LogP contribution in [-0.4, -0.2) is 11.1 Å². The molecule has 0 heterocycles. The minimum absolute atomic E-state index is 0.0633. The number of carbonyl (C=O) groups excluding carboxylic acids is 1. The summed E-state index contributed by atoms with van der Waals surface area (Å²) in [7, 11) is 0. The molecule has 0 aliphatic rings. The molecule has 13 heavy (non-hydrogen) atoms. The van der Waals surface area contributed by atoms with Crippen LogP contribution in [0.5, 0.6) is 0 Å². The standard InChI is InChI=1S/C10H21NO2/c1-3-4-5-6-7-8-9(2)10(12)11-13/h9,13H,3-8H2,1-2H3,(H,11,12). The minimum atomic E-state index is -0.268. The Kier molecular flexibility index (Phi) is 7.69. The molecule has 0 saturated carbocycles. The van der Waals surface area contributed by atoms with Crippen LogP contribution in [0.25, 0.3) is 0 Å². The highest BCUT2D eigenvalue weighted by Crippen LogP contribution is 2.10. The van der Waals surface area contributed by atoms with Gasteiger partial charge in [-0.05, 0) is 6.42 Å². The van der Waals surface area contributed by atoms with Crippen LogP contribution in [0.15, 0.2) is 0 Å². The van der Waals surface area contributed by atoms with E-state index in [0.29, 0.717) is 0 Å². The van der Waals surface area contributed by atoms with Gasteiger partial charge in [0.05, 0.1) is 0 Å². The third-order valence-corrected chi connectivity index (χ3v) is 2.30. The van der Waals surface area contributed by atoms with Gasteiger partial charge in [-0.15, -0.1) is 0 Å². The summed E-state index contributed by atoms with van der Waals surface area (Å²) in [5.41, 5.74) is 1.68. The van der Waals surface area contributed by atoms with Gasteiger partial charge in [0.15, 0.2) is 0 Å². The van der Waals surface area contributed by atoms with Gasteiger partial charge in [0, 0.05) is 5.92 Å². The molecule has 0 aromatic carbocycles. The zero-order valence-electron chi connectivity index (χ0n) is 8.68. The van der Waals surface area contributed by atoms with Crippen molar-refractivity contribution < 1.29 is 10.0 Å². The van der Waals surface area contributed by atoms with Crippen LogP contribution in [0.4, 0.5) is 0 Å². The monoisotopic (exact) mass is 187 g/mol. The van der Waals surface area contributed by atoms with E-state index in [-0.39, 0.29) is 11.8 Å². The molecule has 0 aromatic rings. The Labute approximate surface area is 80.5 Å². The second kappa shape index (κ2) is 8.05. The van der Waals surface area contributed by atoms with E-state index in [1.807, 2.05) is 6.92 Å². The normalized spacial score (nSPS) is 12.5. The maximum absolute atomic E-state index is 10.9. The van der Waals surface area contributed by atoms with Crippen LogP contribution < -0.4 is 5.48 Å². The largest absolute Gasteiger partial charge is 0.289 e. The van der Waals surface area contributed by atoms with Crippen molar-refractivity contribution in [3.63, 3.8) is 0 Å². The number of nitrogens with one attached hydrogen (secondary N) is 1. The molecule has 3 heteroatoms. The molecule has 1 unspecified atom stereocenters. The van der Waals surface area contributed by atoms with E-state index in [1.165, 1.54) is 25.7 Å². The molecule has 0 aliphatic carbocycles. The van der Waals surface area contributed by atoms with Crippen molar-refractivity contribution in [3.05, 3.63) is 0 Å². The predicted molar refractivity (Wildman–Crippen MR) is 52.5 cm³/mol. The Morgan fingerprint density at radius 1 is 1.31 bits per heavy atom. The SMILES string of the molecule is CCCCCCCC(C)C(=O)NO. The van der Waals surface area contributed by atoms with Gasteiger partial charge < -0.3 is 0 Å². The van der Waals surface area contributed by atoms with E-state index >= 15 is 0 Å². The predicted octanol–water partition coefficient (Wildman–Crippen LogP) is 2.49. The first-order valence-corrected chi connectivity index (χ1v) is 5.16. The summed E-state index contributed by atoms with van der Waals surface area (Å²) < 4.78 is 0. The zero-order chi connectivity index (χ0) is 10.1. The molecule has 3 nitrogen and oxygen atoms in total. The van der Waals surface area contributed by atoms with Crippen molar-refractivity contribution in [2.75, 3.05) is 0 Å². The Bertz CT molecular complexity index is 137. The third-order valence-electron chi connectivity index (χ3n) is 2.30. The topological polar surface area (TPSA) is 49.3 Å². The molecule has 78 valence electrons. The molecular formula is C10H21NO2. The number of hydrogen-bond acceptors (Lipinski definition) is 2. The van der Waals surface area contributed by atoms with Gasteiger partial charge in [-0.2, -0.15) is 0 Å². The van der Waals surface area contributed by atoms with Crippen molar-refractivity contribution in [2.45, 2.75) is 52.4 Å². The van der Waals surface area contributed by atoms with E-state index in [9.17, 15) is 4.79 Å². The summed E-state index contributed by atoms with van der Waals surface area (Å²) >= 11 is 0. The Hall–Kier alpha value is -0.570. The molecule has 2 N–H and O–H groups in total. The highest BCUT2D eigenvalue weighted by molar-refractivity contribution is 5.76. The highest BCUT2D eigenvalue weighted by atomic mass is 16.5. The first kappa shape index (κ1) is 12.4. The lowest BCUT2D eigenvalue weighted by Crippen LogP contribution is -2.25. The smallest absolute Gasteiger partial charge is 0.246 e. The fraction of sp³-hybridized carbons (Fsp3) is 0.900. The summed E-state index contributed by atoms with van der Waals surface area (Å²) in [6.45, 7) is 4.02. The van der Waals surface area contributed by atoms with Crippen LogP contribution in [0.3, 0.4) is 0 Å². The number of unbranched alkanes of at least 4 members (excludes halogenated alkanes) is 4. The van der Waals surface area contributed by atoms with E-state index in [4.69, 9.17) is 5.21 Å². The minimum Gasteiger partial charge on any atom is -0.289 e. The van der Waals surface area contributed by atoms with E-state index < -0.39 is 0 Å².